The lowest BCUT2D eigenvalue weighted by atomic mass is 10.2. The van der Waals surface area contributed by atoms with Gasteiger partial charge in [-0.25, -0.2) is 4.98 Å². The lowest BCUT2D eigenvalue weighted by Gasteiger charge is -2.01. The molecule has 2 heterocycles. The van der Waals surface area contributed by atoms with Crippen molar-refractivity contribution in [1.29, 1.82) is 0 Å². The Morgan fingerprint density at radius 1 is 1.47 bits per heavy atom. The molecular weight excluding hydrogens is 280 g/mol. The molecular formula is C13H14N2O2S2. The zero-order valence-electron chi connectivity index (χ0n) is 10.7. The van der Waals surface area contributed by atoms with Crippen molar-refractivity contribution in [3.63, 3.8) is 0 Å². The van der Waals surface area contributed by atoms with Crippen LogP contribution in [0.4, 0.5) is 0 Å². The van der Waals surface area contributed by atoms with Gasteiger partial charge in [0.05, 0.1) is 17.8 Å². The van der Waals surface area contributed by atoms with E-state index in [0.29, 0.717) is 0 Å². The van der Waals surface area contributed by atoms with Gasteiger partial charge in [-0.3, -0.25) is 9.78 Å². The number of aliphatic carboxylic acids is 1. The van der Waals surface area contributed by atoms with Crippen molar-refractivity contribution < 1.29 is 9.90 Å². The van der Waals surface area contributed by atoms with Gasteiger partial charge in [0.25, 0.3) is 0 Å². The van der Waals surface area contributed by atoms with E-state index in [4.69, 9.17) is 5.11 Å². The Labute approximate surface area is 119 Å². The number of pyridine rings is 1. The summed E-state index contributed by atoms with van der Waals surface area (Å²) in [6.07, 6.45) is 1.83. The van der Waals surface area contributed by atoms with Crippen molar-refractivity contribution in [2.75, 3.05) is 0 Å². The zero-order valence-corrected chi connectivity index (χ0v) is 12.3. The van der Waals surface area contributed by atoms with Crippen LogP contribution in [0, 0.1) is 13.8 Å². The van der Waals surface area contributed by atoms with E-state index in [-0.39, 0.29) is 6.42 Å². The first-order valence-corrected chi connectivity index (χ1v) is 7.58. The second-order valence-corrected chi connectivity index (χ2v) is 6.42. The van der Waals surface area contributed by atoms with Crippen LogP contribution in [0.15, 0.2) is 22.7 Å². The van der Waals surface area contributed by atoms with Crippen LogP contribution in [0.25, 0.3) is 0 Å². The first-order chi connectivity index (χ1) is 9.06. The summed E-state index contributed by atoms with van der Waals surface area (Å²) < 4.78 is 0.902. The second kappa shape index (κ2) is 6.16. The fraction of sp³-hybridized carbons (Fsp3) is 0.308. The van der Waals surface area contributed by atoms with Crippen LogP contribution in [0.5, 0.6) is 0 Å². The van der Waals surface area contributed by atoms with Gasteiger partial charge in [-0.2, -0.15) is 0 Å². The normalized spacial score (nSPS) is 10.6. The fourth-order valence-electron chi connectivity index (χ4n) is 1.56. The van der Waals surface area contributed by atoms with Gasteiger partial charge in [0.1, 0.15) is 0 Å². The SMILES string of the molecule is Cc1cccnc1CSc1nc(C)c(CC(=O)O)s1. The minimum atomic E-state index is -0.816. The fourth-order valence-corrected chi connectivity index (χ4v) is 3.82. The van der Waals surface area contributed by atoms with Crippen molar-refractivity contribution in [1.82, 2.24) is 9.97 Å². The van der Waals surface area contributed by atoms with Gasteiger partial charge in [0.2, 0.25) is 0 Å². The third kappa shape index (κ3) is 3.78. The van der Waals surface area contributed by atoms with Gasteiger partial charge >= 0.3 is 5.97 Å². The molecule has 0 unspecified atom stereocenters. The maximum atomic E-state index is 10.7. The number of carboxylic acid groups (broad SMARTS) is 1. The Balaban J connectivity index is 2.04. The first-order valence-electron chi connectivity index (χ1n) is 5.77. The van der Waals surface area contributed by atoms with E-state index in [0.717, 1.165) is 31.9 Å². The molecule has 6 heteroatoms. The van der Waals surface area contributed by atoms with E-state index in [1.165, 1.54) is 11.3 Å². The molecule has 0 bridgehead atoms. The topological polar surface area (TPSA) is 63.1 Å². The summed E-state index contributed by atoms with van der Waals surface area (Å²) in [6, 6.07) is 3.95. The van der Waals surface area contributed by atoms with Gasteiger partial charge in [-0.05, 0) is 25.5 Å². The molecule has 1 N–H and O–H groups in total. The molecule has 19 heavy (non-hydrogen) atoms. The largest absolute Gasteiger partial charge is 0.481 e. The molecule has 0 aromatic carbocycles. The average Bonchev–Trinajstić information content (AvgIpc) is 2.68. The molecule has 4 nitrogen and oxygen atoms in total. The standard InChI is InChI=1S/C13H14N2O2S2/c1-8-4-3-5-14-10(8)7-18-13-15-9(2)11(19-13)6-12(16)17/h3-5H,6-7H2,1-2H3,(H,16,17). The first kappa shape index (κ1) is 14.0. The predicted molar refractivity (Wildman–Crippen MR) is 76.7 cm³/mol. The van der Waals surface area contributed by atoms with Crippen LogP contribution in [0.1, 0.15) is 21.8 Å². The molecule has 0 saturated carbocycles. The van der Waals surface area contributed by atoms with Crippen LogP contribution in [0.2, 0.25) is 0 Å². The van der Waals surface area contributed by atoms with Gasteiger partial charge in [-0.15, -0.1) is 11.3 Å². The second-order valence-electron chi connectivity index (χ2n) is 4.11. The lowest BCUT2D eigenvalue weighted by Crippen LogP contribution is -1.99. The van der Waals surface area contributed by atoms with Gasteiger partial charge in [-0.1, -0.05) is 17.8 Å². The highest BCUT2D eigenvalue weighted by molar-refractivity contribution is 8.00. The molecule has 2 rings (SSSR count). The van der Waals surface area contributed by atoms with Crippen molar-refractivity contribution in [2.45, 2.75) is 30.4 Å². The molecule has 0 fully saturated rings. The zero-order chi connectivity index (χ0) is 13.8. The van der Waals surface area contributed by atoms with Crippen molar-refractivity contribution >= 4 is 29.1 Å². The molecule has 0 aliphatic carbocycles. The predicted octanol–water partition coefficient (Wildman–Crippen LogP) is 3.07. The molecule has 2 aromatic heterocycles. The summed E-state index contributed by atoms with van der Waals surface area (Å²) in [5.41, 5.74) is 3.02. The van der Waals surface area contributed by atoms with E-state index in [1.807, 2.05) is 26.0 Å². The van der Waals surface area contributed by atoms with E-state index in [2.05, 4.69) is 9.97 Å². The average molecular weight is 294 g/mol. The van der Waals surface area contributed by atoms with Crippen molar-refractivity contribution in [3.05, 3.63) is 40.2 Å². The highest BCUT2D eigenvalue weighted by atomic mass is 32.2. The third-order valence-electron chi connectivity index (χ3n) is 2.64. The van der Waals surface area contributed by atoms with E-state index in [1.54, 1.807) is 18.0 Å². The minimum Gasteiger partial charge on any atom is -0.481 e. The molecule has 0 radical (unpaired) electrons. The number of thiazole rings is 1. The molecule has 0 atom stereocenters. The van der Waals surface area contributed by atoms with Crippen LogP contribution >= 0.6 is 23.1 Å². The van der Waals surface area contributed by atoms with Crippen LogP contribution in [0.3, 0.4) is 0 Å². The van der Waals surface area contributed by atoms with E-state index < -0.39 is 5.97 Å². The minimum absolute atomic E-state index is 0.0483. The smallest absolute Gasteiger partial charge is 0.308 e. The summed E-state index contributed by atoms with van der Waals surface area (Å²) >= 11 is 3.06. The maximum absolute atomic E-state index is 10.7. The van der Waals surface area contributed by atoms with Crippen molar-refractivity contribution in [3.8, 4) is 0 Å². The number of aromatic nitrogens is 2. The Bertz CT molecular complexity index is 596. The van der Waals surface area contributed by atoms with Gasteiger partial charge in [0, 0.05) is 16.8 Å². The molecule has 100 valence electrons. The Morgan fingerprint density at radius 3 is 2.95 bits per heavy atom. The Hall–Kier alpha value is -1.40. The molecule has 0 saturated heterocycles. The van der Waals surface area contributed by atoms with Crippen LogP contribution in [-0.2, 0) is 17.0 Å². The molecule has 0 aliphatic rings. The molecule has 2 aromatic rings. The van der Waals surface area contributed by atoms with Gasteiger partial charge in [0.15, 0.2) is 4.34 Å². The highest BCUT2D eigenvalue weighted by Gasteiger charge is 2.11. The molecule has 0 aliphatic heterocycles. The number of aryl methyl sites for hydroxylation is 2. The number of carboxylic acids is 1. The van der Waals surface area contributed by atoms with Gasteiger partial charge < -0.3 is 5.11 Å². The quantitative estimate of drug-likeness (QED) is 0.859. The summed E-state index contributed by atoms with van der Waals surface area (Å²) in [6.45, 7) is 3.89. The molecule has 0 spiro atoms. The Morgan fingerprint density at radius 2 is 2.26 bits per heavy atom. The number of carbonyl (C=O) groups is 1. The molecule has 0 amide bonds. The summed E-state index contributed by atoms with van der Waals surface area (Å²) in [5, 5.41) is 8.81. The third-order valence-corrected chi connectivity index (χ3v) is 4.95. The number of hydrogen-bond acceptors (Lipinski definition) is 5. The van der Waals surface area contributed by atoms with Crippen LogP contribution < -0.4 is 0 Å². The Kier molecular flexibility index (Phi) is 4.55. The number of thioether (sulfide) groups is 1. The number of nitrogens with zero attached hydrogens (tertiary/aromatic N) is 2. The summed E-state index contributed by atoms with van der Waals surface area (Å²) in [5.74, 6) is -0.0598. The lowest BCUT2D eigenvalue weighted by molar-refractivity contribution is -0.136. The number of hydrogen-bond donors (Lipinski definition) is 1. The maximum Gasteiger partial charge on any atom is 0.308 e. The van der Waals surface area contributed by atoms with Crippen molar-refractivity contribution in [2.24, 2.45) is 0 Å². The summed E-state index contributed by atoms with van der Waals surface area (Å²) in [7, 11) is 0. The van der Waals surface area contributed by atoms with E-state index in [9.17, 15) is 4.79 Å². The number of rotatable bonds is 5. The summed E-state index contributed by atoms with van der Waals surface area (Å²) in [4.78, 5) is 20.3. The monoisotopic (exact) mass is 294 g/mol. The van der Waals surface area contributed by atoms with Crippen LogP contribution in [-0.4, -0.2) is 21.0 Å². The van der Waals surface area contributed by atoms with E-state index >= 15 is 0 Å². The highest BCUT2D eigenvalue weighted by Crippen LogP contribution is 2.30.